The van der Waals surface area contributed by atoms with Crippen molar-refractivity contribution in [3.63, 3.8) is 0 Å². The number of nitrogens with two attached hydrogens (primary N) is 1. The summed E-state index contributed by atoms with van der Waals surface area (Å²) in [6.45, 7) is 14.3. The number of nitrogens with zero attached hydrogens (tertiary/aromatic N) is 5. The molecular formula is C36H47N7O12S3Si. The maximum absolute atomic E-state index is 13.4. The highest BCUT2D eigenvalue weighted by atomic mass is 32.2. The van der Waals surface area contributed by atoms with Crippen LogP contribution < -0.4 is 10.5 Å². The number of β-lactam (4-membered cyclic amide) rings is 1. The lowest BCUT2D eigenvalue weighted by atomic mass is 9.89. The van der Waals surface area contributed by atoms with Crippen molar-refractivity contribution in [2.24, 2.45) is 11.8 Å². The molecule has 7 atom stereocenters. The summed E-state index contributed by atoms with van der Waals surface area (Å²) < 4.78 is 71.6. The molecule has 320 valence electrons. The van der Waals surface area contributed by atoms with Crippen molar-refractivity contribution < 1.29 is 54.6 Å². The molecule has 0 radical (unpaired) electrons. The minimum atomic E-state index is -4.81. The normalized spacial score (nSPS) is 24.7. The molecule has 0 spiro atoms. The van der Waals surface area contributed by atoms with Gasteiger partial charge in [-0.25, -0.2) is 24.5 Å². The van der Waals surface area contributed by atoms with Crippen LogP contribution >= 0.6 is 11.3 Å². The highest BCUT2D eigenvalue weighted by molar-refractivity contribution is 7.86. The summed E-state index contributed by atoms with van der Waals surface area (Å²) in [7, 11) is -9.05. The van der Waals surface area contributed by atoms with Crippen LogP contribution in [0.5, 0.6) is 0 Å². The Labute approximate surface area is 348 Å². The third-order valence-electron chi connectivity index (χ3n) is 10.8. The number of Topliss-reactive ketones (excluding diaryl/α,β-unsaturated/α-hetero) is 1. The van der Waals surface area contributed by atoms with Crippen molar-refractivity contribution in [1.82, 2.24) is 29.1 Å². The first-order valence-electron chi connectivity index (χ1n) is 18.6. The molecule has 3 N–H and O–H groups in total. The number of aromatic nitrogens is 4. The summed E-state index contributed by atoms with van der Waals surface area (Å²) in [5.74, 6) is -3.33. The van der Waals surface area contributed by atoms with Crippen LogP contribution in [0.3, 0.4) is 0 Å². The van der Waals surface area contributed by atoms with Gasteiger partial charge in [-0.05, 0) is 29.6 Å². The molecule has 6 heterocycles. The molecule has 2 unspecified atom stereocenters. The highest BCUT2D eigenvalue weighted by Gasteiger charge is 2.57. The van der Waals surface area contributed by atoms with Crippen LogP contribution in [0.4, 0.5) is 10.6 Å². The zero-order valence-electron chi connectivity index (χ0n) is 33.3. The molecule has 19 nitrogen and oxygen atoms in total. The maximum atomic E-state index is 13.4. The maximum Gasteiger partial charge on any atom is 0.423 e. The number of carbonyl (C=O) groups is 4. The number of ketones is 1. The van der Waals surface area contributed by atoms with Crippen LogP contribution in [0.25, 0.3) is 11.2 Å². The standard InChI is InChI=1S/C36H47N7O12S3Si/c1-8-11-51-34(46)27-21(17-57(48)33-24(31(45)43(27)33)14-22(44)13-23-10-9-12-56-23)15-52-35(47)41-58(49,50)53-16-25-20(2)28(55-59(6,7)36(3,4)5)32(54-25)42-19-40-26-29(37)38-18-39-30(26)42/h8-10,12,18-20,24-25,28,32-33H,1,11,13-17H2,2-7H3,(H,41,47)(H2,37,38,39)/t20-,24-,25-,28?,32-,33-,57?/m1/s1. The van der Waals surface area contributed by atoms with Crippen LogP contribution in [-0.4, -0.2) is 112 Å². The van der Waals surface area contributed by atoms with Gasteiger partial charge in [0, 0.05) is 40.0 Å². The number of rotatable bonds is 16. The van der Waals surface area contributed by atoms with Gasteiger partial charge in [0.2, 0.25) is 5.91 Å². The van der Waals surface area contributed by atoms with E-state index in [0.717, 1.165) is 9.78 Å². The third kappa shape index (κ3) is 9.34. The fraction of sp³-hybridized carbons (Fsp3) is 0.528. The molecule has 0 saturated carbocycles. The van der Waals surface area contributed by atoms with Crippen LogP contribution in [0.15, 0.2) is 54.1 Å². The van der Waals surface area contributed by atoms with Crippen LogP contribution in [-0.2, 0) is 64.7 Å². The number of hydrogen-bond acceptors (Lipinski definition) is 17. The van der Waals surface area contributed by atoms with Gasteiger partial charge in [-0.15, -0.1) is 11.3 Å². The SMILES string of the molecule is C=CCOC(=O)C1=C(COC(=O)NS(=O)(=O)OC[C@H]2O[C@@H](n3cnc4c(N)ncnc43)C(O[Si](C)(C)C(C)(C)C)[C@@H]2C)CS(=O)[C@@H]2[C@H](CC(=O)Cc3cccs3)C(=O)N12. The van der Waals surface area contributed by atoms with E-state index in [9.17, 15) is 31.8 Å². The summed E-state index contributed by atoms with van der Waals surface area (Å²) in [4.78, 5) is 66.7. The molecule has 59 heavy (non-hydrogen) atoms. The van der Waals surface area contributed by atoms with E-state index in [1.807, 2.05) is 12.3 Å². The first-order valence-corrected chi connectivity index (χ1v) is 25.2. The molecule has 0 aliphatic carbocycles. The molecule has 2 amide bonds. The number of hydrogen-bond donors (Lipinski definition) is 2. The quantitative estimate of drug-likeness (QED) is 0.0907. The van der Waals surface area contributed by atoms with E-state index in [4.69, 9.17) is 28.6 Å². The first-order chi connectivity index (χ1) is 27.7. The Kier molecular flexibility index (Phi) is 12.9. The average molecular weight is 894 g/mol. The van der Waals surface area contributed by atoms with Crippen molar-refractivity contribution >= 4 is 81.5 Å². The summed E-state index contributed by atoms with van der Waals surface area (Å²) >= 11 is 1.40. The molecule has 3 aromatic heterocycles. The van der Waals surface area contributed by atoms with Crippen LogP contribution in [0.2, 0.25) is 18.1 Å². The van der Waals surface area contributed by atoms with Gasteiger partial charge in [-0.3, -0.25) is 27.4 Å². The predicted octanol–water partition coefficient (Wildman–Crippen LogP) is 3.11. The van der Waals surface area contributed by atoms with Gasteiger partial charge in [0.15, 0.2) is 26.0 Å². The first kappa shape index (κ1) is 44.2. The zero-order chi connectivity index (χ0) is 43.0. The van der Waals surface area contributed by atoms with Gasteiger partial charge < -0.3 is 24.4 Å². The van der Waals surface area contributed by atoms with Crippen molar-refractivity contribution in [1.29, 1.82) is 0 Å². The molecule has 2 fully saturated rings. The summed E-state index contributed by atoms with van der Waals surface area (Å²) in [5.41, 5.74) is 6.42. The Balaban J connectivity index is 1.12. The topological polar surface area (TPSA) is 251 Å². The van der Waals surface area contributed by atoms with E-state index in [2.05, 4.69) is 55.4 Å². The lowest BCUT2D eigenvalue weighted by Crippen LogP contribution is -2.66. The number of fused-ring (bicyclic) bond motifs is 2. The van der Waals surface area contributed by atoms with E-state index >= 15 is 0 Å². The van der Waals surface area contributed by atoms with Crippen molar-refractivity contribution in [2.75, 3.05) is 31.3 Å². The number of nitrogen functional groups attached to an aromatic ring is 1. The second-order valence-electron chi connectivity index (χ2n) is 15.8. The summed E-state index contributed by atoms with van der Waals surface area (Å²) in [5, 5.41) is 0.657. The Morgan fingerprint density at radius 3 is 2.63 bits per heavy atom. The van der Waals surface area contributed by atoms with Gasteiger partial charge in [0.05, 0.1) is 36.8 Å². The molecule has 0 aromatic carbocycles. The molecule has 6 rings (SSSR count). The summed E-state index contributed by atoms with van der Waals surface area (Å²) in [6, 6.07) is 3.60. The fourth-order valence-electron chi connectivity index (χ4n) is 6.70. The third-order valence-corrected chi connectivity index (χ3v) is 18.7. The monoisotopic (exact) mass is 893 g/mol. The molecule has 0 bridgehead atoms. The number of anilines is 1. The number of thiophene rings is 1. The van der Waals surface area contributed by atoms with Gasteiger partial charge in [0.25, 0.3) is 0 Å². The van der Waals surface area contributed by atoms with Gasteiger partial charge in [-0.2, -0.15) is 13.1 Å². The van der Waals surface area contributed by atoms with Crippen molar-refractivity contribution in [3.8, 4) is 0 Å². The summed E-state index contributed by atoms with van der Waals surface area (Å²) in [6.07, 6.45) is 0.293. The van der Waals surface area contributed by atoms with Crippen LogP contribution in [0.1, 0.15) is 45.2 Å². The zero-order valence-corrected chi connectivity index (χ0v) is 36.8. The van der Waals surface area contributed by atoms with E-state index in [-0.39, 0.29) is 53.1 Å². The molecule has 3 aliphatic rings. The fourth-order valence-corrected chi connectivity index (χ4v) is 11.2. The minimum absolute atomic E-state index is 0.0510. The number of amides is 2. The number of ether oxygens (including phenoxy) is 3. The van der Waals surface area contributed by atoms with Gasteiger partial charge >= 0.3 is 22.4 Å². The van der Waals surface area contributed by atoms with E-state index in [1.165, 1.54) is 30.1 Å². The van der Waals surface area contributed by atoms with E-state index in [1.54, 1.807) is 21.4 Å². The van der Waals surface area contributed by atoms with Gasteiger partial charge in [-0.1, -0.05) is 46.4 Å². The number of nitrogens with one attached hydrogen (secondary N) is 1. The van der Waals surface area contributed by atoms with Gasteiger partial charge in [0.1, 0.15) is 41.9 Å². The van der Waals surface area contributed by atoms with E-state index < -0.39 is 96.3 Å². The average Bonchev–Trinajstić information content (AvgIpc) is 3.90. The Morgan fingerprint density at radius 2 is 1.95 bits per heavy atom. The van der Waals surface area contributed by atoms with Crippen LogP contribution in [0, 0.1) is 11.8 Å². The molecule has 23 heteroatoms. The second-order valence-corrected chi connectivity index (χ2v) is 24.5. The van der Waals surface area contributed by atoms with Crippen molar-refractivity contribution in [2.45, 2.75) is 82.5 Å². The smallest absolute Gasteiger partial charge is 0.423 e. The number of esters is 1. The van der Waals surface area contributed by atoms with E-state index in [0.29, 0.717) is 11.2 Å². The lowest BCUT2D eigenvalue weighted by Gasteiger charge is -2.49. The lowest BCUT2D eigenvalue weighted by molar-refractivity contribution is -0.155. The van der Waals surface area contributed by atoms with Crippen molar-refractivity contribution in [3.05, 3.63) is 59.0 Å². The minimum Gasteiger partial charge on any atom is -0.457 e. The Bertz CT molecular complexity index is 2290. The molecular weight excluding hydrogens is 847 g/mol. The molecule has 2 saturated heterocycles. The number of imidazole rings is 1. The Morgan fingerprint density at radius 1 is 1.20 bits per heavy atom. The molecule has 3 aromatic rings. The second kappa shape index (κ2) is 17.3. The number of carbonyl (C=O) groups excluding carboxylic acids is 4. The highest BCUT2D eigenvalue weighted by Crippen LogP contribution is 2.45. The Hall–Kier alpha value is -4.39. The predicted molar refractivity (Wildman–Crippen MR) is 217 cm³/mol. The largest absolute Gasteiger partial charge is 0.457 e. The molecule has 3 aliphatic heterocycles.